The summed E-state index contributed by atoms with van der Waals surface area (Å²) in [6.07, 6.45) is 0.471. The molecule has 1 amide bonds. The molecule has 1 aliphatic carbocycles. The van der Waals surface area contributed by atoms with Crippen LogP contribution in [0.3, 0.4) is 0 Å². The van der Waals surface area contributed by atoms with Gasteiger partial charge in [-0.2, -0.15) is 0 Å². The van der Waals surface area contributed by atoms with E-state index in [1.807, 2.05) is 24.3 Å². The monoisotopic (exact) mass is 195 g/mol. The van der Waals surface area contributed by atoms with Crippen molar-refractivity contribution in [2.45, 2.75) is 18.9 Å². The number of nitrogens with one attached hydrogen (secondary N) is 1. The molecule has 0 fully saturated rings. The average molecular weight is 195 g/mol. The quantitative estimate of drug-likeness (QED) is 0.741. The van der Waals surface area contributed by atoms with Crippen molar-refractivity contribution < 1.29 is 14.3 Å². The molecule has 2 rings (SSSR count). The summed E-state index contributed by atoms with van der Waals surface area (Å²) < 4.78 is 11.5. The van der Waals surface area contributed by atoms with E-state index in [0.29, 0.717) is 0 Å². The van der Waals surface area contributed by atoms with E-state index in [-0.39, 0.29) is 6.04 Å². The van der Waals surface area contributed by atoms with Crippen molar-refractivity contribution >= 4 is 6.09 Å². The molecule has 3 nitrogen and oxygen atoms in total. The lowest BCUT2D eigenvalue weighted by Crippen LogP contribution is -2.34. The minimum absolute atomic E-state index is 0.0457. The molecule has 74 valence electrons. The molecule has 14 heavy (non-hydrogen) atoms. The van der Waals surface area contributed by atoms with Gasteiger partial charge in [-0.05, 0) is 24.0 Å². The molecule has 1 aliphatic rings. The lowest BCUT2D eigenvalue weighted by atomic mass is 10.1. The molecular weight excluding hydrogens is 185 g/mol. The van der Waals surface area contributed by atoms with Crippen LogP contribution in [0.2, 0.25) is 0 Å². The van der Waals surface area contributed by atoms with Crippen molar-refractivity contribution in [3.63, 3.8) is 0 Å². The van der Waals surface area contributed by atoms with Gasteiger partial charge in [0.15, 0.2) is 0 Å². The summed E-state index contributed by atoms with van der Waals surface area (Å²) in [7, 11) is 0. The zero-order valence-electron chi connectivity index (χ0n) is 7.50. The summed E-state index contributed by atoms with van der Waals surface area (Å²) in [6, 6.07) is 7.88. The molecule has 0 atom stereocenters. The number of benzene rings is 1. The van der Waals surface area contributed by atoms with Crippen LogP contribution in [0.1, 0.15) is 11.1 Å². The Morgan fingerprint density at radius 1 is 1.36 bits per heavy atom. The van der Waals surface area contributed by atoms with Gasteiger partial charge in [0.05, 0.1) is 0 Å². The molecule has 1 aromatic rings. The Balaban J connectivity index is 2.01. The summed E-state index contributed by atoms with van der Waals surface area (Å²) in [4.78, 5) is 13.7. The van der Waals surface area contributed by atoms with Gasteiger partial charge in [0.1, 0.15) is 0 Å². The van der Waals surface area contributed by atoms with E-state index in [0.717, 1.165) is 12.8 Å². The molecular formula is C10H10FNO2. The third-order valence-corrected chi connectivity index (χ3v) is 2.44. The fourth-order valence-corrected chi connectivity index (χ4v) is 1.85. The first-order valence-corrected chi connectivity index (χ1v) is 4.45. The maximum Gasteiger partial charge on any atom is 0.445 e. The average Bonchev–Trinajstić information content (AvgIpc) is 2.59. The Bertz CT molecular complexity index is 329. The van der Waals surface area contributed by atoms with Crippen molar-refractivity contribution in [2.75, 3.05) is 0 Å². The summed E-state index contributed by atoms with van der Waals surface area (Å²) in [5, 5.41) is 2.44. The van der Waals surface area contributed by atoms with Crippen LogP contribution in [0.5, 0.6) is 0 Å². The number of halogens is 1. The van der Waals surface area contributed by atoms with Gasteiger partial charge in [0.2, 0.25) is 0 Å². The highest BCUT2D eigenvalue weighted by atomic mass is 19.3. The highest BCUT2D eigenvalue weighted by molar-refractivity contribution is 5.67. The molecule has 0 saturated heterocycles. The maximum absolute atomic E-state index is 11.5. The number of hydrogen-bond acceptors (Lipinski definition) is 2. The van der Waals surface area contributed by atoms with Crippen LogP contribution in [0.15, 0.2) is 24.3 Å². The Morgan fingerprint density at radius 3 is 2.43 bits per heavy atom. The number of amides is 1. The Kier molecular flexibility index (Phi) is 2.35. The van der Waals surface area contributed by atoms with Crippen molar-refractivity contribution in [3.8, 4) is 0 Å². The van der Waals surface area contributed by atoms with E-state index < -0.39 is 6.09 Å². The highest BCUT2D eigenvalue weighted by Crippen LogP contribution is 2.21. The number of hydrogen-bond donors (Lipinski definition) is 1. The van der Waals surface area contributed by atoms with E-state index in [4.69, 9.17) is 0 Å². The van der Waals surface area contributed by atoms with Gasteiger partial charge in [0.25, 0.3) is 0 Å². The van der Waals surface area contributed by atoms with Gasteiger partial charge in [-0.3, -0.25) is 0 Å². The van der Waals surface area contributed by atoms with Gasteiger partial charge in [0, 0.05) is 10.6 Å². The number of carbonyl (C=O) groups is 1. The molecule has 4 heteroatoms. The molecule has 0 heterocycles. The van der Waals surface area contributed by atoms with E-state index in [2.05, 4.69) is 10.3 Å². The lowest BCUT2D eigenvalue weighted by Gasteiger charge is -2.07. The first-order chi connectivity index (χ1) is 6.79. The molecule has 1 N–H and O–H groups in total. The highest BCUT2D eigenvalue weighted by Gasteiger charge is 2.22. The molecule has 0 aromatic heterocycles. The van der Waals surface area contributed by atoms with Crippen LogP contribution in [0.25, 0.3) is 0 Å². The summed E-state index contributed by atoms with van der Waals surface area (Å²) in [6.45, 7) is 0. The number of carbonyl (C=O) groups excluding carboxylic acids is 1. The molecule has 0 unspecified atom stereocenters. The molecule has 1 aromatic carbocycles. The second-order valence-corrected chi connectivity index (χ2v) is 3.38. The van der Waals surface area contributed by atoms with Gasteiger partial charge >= 0.3 is 6.09 Å². The molecule has 0 bridgehead atoms. The Labute approximate surface area is 80.8 Å². The Morgan fingerprint density at radius 2 is 1.93 bits per heavy atom. The van der Waals surface area contributed by atoms with Gasteiger partial charge in [-0.1, -0.05) is 24.3 Å². The van der Waals surface area contributed by atoms with Crippen molar-refractivity contribution in [2.24, 2.45) is 0 Å². The fourth-order valence-electron chi connectivity index (χ4n) is 1.85. The minimum Gasteiger partial charge on any atom is -0.316 e. The number of rotatable bonds is 1. The van der Waals surface area contributed by atoms with Crippen LogP contribution in [0, 0.1) is 0 Å². The predicted octanol–water partition coefficient (Wildman–Crippen LogP) is 1.76. The van der Waals surface area contributed by atoms with Crippen molar-refractivity contribution in [3.05, 3.63) is 35.4 Å². The second kappa shape index (κ2) is 3.65. The molecule has 0 aliphatic heterocycles. The van der Waals surface area contributed by atoms with Crippen molar-refractivity contribution in [1.29, 1.82) is 0 Å². The second-order valence-electron chi connectivity index (χ2n) is 3.38. The Hall–Kier alpha value is -1.58. The van der Waals surface area contributed by atoms with Gasteiger partial charge in [-0.15, -0.1) is 0 Å². The van der Waals surface area contributed by atoms with E-state index in [9.17, 15) is 9.32 Å². The van der Waals surface area contributed by atoms with Crippen LogP contribution < -0.4 is 5.32 Å². The maximum atomic E-state index is 11.5. The van der Waals surface area contributed by atoms with Crippen LogP contribution in [-0.2, 0) is 17.8 Å². The zero-order chi connectivity index (χ0) is 9.97. The van der Waals surface area contributed by atoms with Crippen LogP contribution in [0.4, 0.5) is 9.32 Å². The number of fused-ring (bicyclic) bond motifs is 1. The fraction of sp³-hybridized carbons (Fsp3) is 0.300. The summed E-state index contributed by atoms with van der Waals surface area (Å²) in [5.41, 5.74) is 2.41. The lowest BCUT2D eigenvalue weighted by molar-refractivity contribution is -0.0634. The molecule has 0 radical (unpaired) electrons. The first kappa shape index (κ1) is 8.99. The minimum atomic E-state index is -1.01. The summed E-state index contributed by atoms with van der Waals surface area (Å²) in [5.74, 6) is 0. The molecule has 0 spiro atoms. The van der Waals surface area contributed by atoms with E-state index in [1.54, 1.807) is 0 Å². The van der Waals surface area contributed by atoms with Crippen LogP contribution >= 0.6 is 0 Å². The smallest absolute Gasteiger partial charge is 0.316 e. The zero-order valence-corrected chi connectivity index (χ0v) is 7.50. The molecule has 0 saturated carbocycles. The normalized spacial score (nSPS) is 14.9. The predicted molar refractivity (Wildman–Crippen MR) is 48.4 cm³/mol. The topological polar surface area (TPSA) is 38.3 Å². The first-order valence-electron chi connectivity index (χ1n) is 4.45. The third kappa shape index (κ3) is 1.69. The SMILES string of the molecule is O=C(NC1Cc2ccccc2C1)OF. The van der Waals surface area contributed by atoms with Gasteiger partial charge in [-0.25, -0.2) is 9.74 Å². The summed E-state index contributed by atoms with van der Waals surface area (Å²) >= 11 is 0. The van der Waals surface area contributed by atoms with Crippen molar-refractivity contribution in [1.82, 2.24) is 5.32 Å². The van der Waals surface area contributed by atoms with E-state index >= 15 is 0 Å². The largest absolute Gasteiger partial charge is 0.445 e. The van der Waals surface area contributed by atoms with E-state index in [1.165, 1.54) is 11.1 Å². The van der Waals surface area contributed by atoms with Gasteiger partial charge < -0.3 is 5.32 Å². The third-order valence-electron chi connectivity index (χ3n) is 2.44. The van der Waals surface area contributed by atoms with Crippen LogP contribution in [-0.4, -0.2) is 12.1 Å². The standard InChI is InChI=1S/C10H10FNO2/c11-14-10(13)12-9-5-7-3-1-2-4-8(7)6-9/h1-4,9H,5-6H2,(H,12,13).